The van der Waals surface area contributed by atoms with Crippen LogP contribution < -0.4 is 0 Å². The Bertz CT molecular complexity index is 658. The summed E-state index contributed by atoms with van der Waals surface area (Å²) in [4.78, 5) is 14.2. The topological polar surface area (TPSA) is 20.3 Å². The van der Waals surface area contributed by atoms with Crippen LogP contribution in [0.15, 0.2) is 42.5 Å². The molecule has 0 heterocycles. The first kappa shape index (κ1) is 16.3. The fraction of sp³-hybridized carbons (Fsp3) is 0.188. The molecule has 0 fully saturated rings. The van der Waals surface area contributed by atoms with E-state index in [-0.39, 0.29) is 12.3 Å². The lowest BCUT2D eigenvalue weighted by atomic mass is 10.1. The standard InChI is InChI=1S/C16H14Cl3NO/c1-20(9-11-3-2-4-12(17)7-11)10-16(21)14-6-5-13(18)8-15(14)19/h2-8H,9-10H2,1H3. The Kier molecular flexibility index (Phi) is 5.65. The molecule has 0 aliphatic heterocycles. The van der Waals surface area contributed by atoms with Gasteiger partial charge in [0.15, 0.2) is 5.78 Å². The van der Waals surface area contributed by atoms with Crippen molar-refractivity contribution >= 4 is 40.6 Å². The Morgan fingerprint density at radius 2 is 1.76 bits per heavy atom. The Morgan fingerprint density at radius 1 is 1.05 bits per heavy atom. The van der Waals surface area contributed by atoms with E-state index in [9.17, 15) is 4.79 Å². The van der Waals surface area contributed by atoms with Crippen molar-refractivity contribution in [2.24, 2.45) is 0 Å². The van der Waals surface area contributed by atoms with Gasteiger partial charge in [0, 0.05) is 22.2 Å². The average molecular weight is 343 g/mol. The van der Waals surface area contributed by atoms with Crippen LogP contribution in [0.1, 0.15) is 15.9 Å². The summed E-state index contributed by atoms with van der Waals surface area (Å²) < 4.78 is 0. The fourth-order valence-electron chi connectivity index (χ4n) is 2.05. The van der Waals surface area contributed by atoms with Crippen molar-refractivity contribution in [3.05, 3.63) is 68.7 Å². The van der Waals surface area contributed by atoms with Crippen molar-refractivity contribution in [3.63, 3.8) is 0 Å². The Hall–Kier alpha value is -1.06. The minimum absolute atomic E-state index is 0.0406. The minimum Gasteiger partial charge on any atom is -0.295 e. The van der Waals surface area contributed by atoms with Gasteiger partial charge in [0.05, 0.1) is 11.6 Å². The number of Topliss-reactive ketones (excluding diaryl/α,β-unsaturated/α-hetero) is 1. The lowest BCUT2D eigenvalue weighted by molar-refractivity contribution is 0.0943. The summed E-state index contributed by atoms with van der Waals surface area (Å²) in [6.07, 6.45) is 0. The molecule has 0 bridgehead atoms. The van der Waals surface area contributed by atoms with E-state index < -0.39 is 0 Å². The number of hydrogen-bond acceptors (Lipinski definition) is 2. The molecule has 0 spiro atoms. The van der Waals surface area contributed by atoms with Gasteiger partial charge in [-0.2, -0.15) is 0 Å². The van der Waals surface area contributed by atoms with Crippen LogP contribution in [-0.4, -0.2) is 24.3 Å². The molecule has 2 aromatic carbocycles. The zero-order valence-corrected chi connectivity index (χ0v) is 13.7. The first-order valence-electron chi connectivity index (χ1n) is 6.37. The quantitative estimate of drug-likeness (QED) is 0.716. The molecule has 2 aromatic rings. The van der Waals surface area contributed by atoms with Crippen LogP contribution in [0.5, 0.6) is 0 Å². The maximum atomic E-state index is 12.2. The predicted molar refractivity (Wildman–Crippen MR) is 88.6 cm³/mol. The van der Waals surface area contributed by atoms with Crippen LogP contribution in [0, 0.1) is 0 Å². The van der Waals surface area contributed by atoms with E-state index >= 15 is 0 Å². The summed E-state index contributed by atoms with van der Waals surface area (Å²) in [5.74, 6) is -0.0406. The molecule has 0 aromatic heterocycles. The first-order chi connectivity index (χ1) is 9.95. The molecule has 2 rings (SSSR count). The Labute approximate surface area is 139 Å². The number of likely N-dealkylation sites (N-methyl/N-ethyl adjacent to an activating group) is 1. The van der Waals surface area contributed by atoms with Gasteiger partial charge in [0.25, 0.3) is 0 Å². The Balaban J connectivity index is 2.02. The van der Waals surface area contributed by atoms with Crippen LogP contribution in [0.25, 0.3) is 0 Å². The molecule has 0 aliphatic carbocycles. The van der Waals surface area contributed by atoms with Gasteiger partial charge in [-0.1, -0.05) is 46.9 Å². The van der Waals surface area contributed by atoms with Crippen LogP contribution in [0.3, 0.4) is 0 Å². The third kappa shape index (κ3) is 4.72. The smallest absolute Gasteiger partial charge is 0.178 e. The zero-order valence-electron chi connectivity index (χ0n) is 11.4. The van der Waals surface area contributed by atoms with Gasteiger partial charge in [0.1, 0.15) is 0 Å². The summed E-state index contributed by atoms with van der Waals surface area (Å²) in [5, 5.41) is 1.58. The second-order valence-electron chi connectivity index (χ2n) is 4.85. The monoisotopic (exact) mass is 341 g/mol. The van der Waals surface area contributed by atoms with Gasteiger partial charge in [-0.3, -0.25) is 9.69 Å². The number of carbonyl (C=O) groups excluding carboxylic acids is 1. The second kappa shape index (κ2) is 7.28. The van der Waals surface area contributed by atoms with Gasteiger partial charge < -0.3 is 0 Å². The van der Waals surface area contributed by atoms with Gasteiger partial charge >= 0.3 is 0 Å². The largest absolute Gasteiger partial charge is 0.295 e. The first-order valence-corrected chi connectivity index (χ1v) is 7.50. The van der Waals surface area contributed by atoms with Crippen molar-refractivity contribution in [2.45, 2.75) is 6.54 Å². The molecule has 0 saturated heterocycles. The van der Waals surface area contributed by atoms with Crippen molar-refractivity contribution in [3.8, 4) is 0 Å². The summed E-state index contributed by atoms with van der Waals surface area (Å²) in [7, 11) is 1.88. The highest BCUT2D eigenvalue weighted by atomic mass is 35.5. The molecule has 0 radical (unpaired) electrons. The third-order valence-electron chi connectivity index (χ3n) is 2.99. The van der Waals surface area contributed by atoms with Crippen LogP contribution in [-0.2, 0) is 6.54 Å². The minimum atomic E-state index is -0.0406. The maximum absolute atomic E-state index is 12.2. The van der Waals surface area contributed by atoms with E-state index in [4.69, 9.17) is 34.8 Å². The number of ketones is 1. The van der Waals surface area contributed by atoms with Crippen molar-refractivity contribution in [1.82, 2.24) is 4.90 Å². The second-order valence-corrected chi connectivity index (χ2v) is 6.13. The maximum Gasteiger partial charge on any atom is 0.178 e. The molecule has 110 valence electrons. The fourth-order valence-corrected chi connectivity index (χ4v) is 2.78. The number of carbonyl (C=O) groups is 1. The molecule has 0 aliphatic rings. The molecule has 0 atom stereocenters. The lowest BCUT2D eigenvalue weighted by Crippen LogP contribution is -2.25. The molecule has 21 heavy (non-hydrogen) atoms. The lowest BCUT2D eigenvalue weighted by Gasteiger charge is -2.16. The van der Waals surface area contributed by atoms with E-state index in [1.54, 1.807) is 18.2 Å². The Morgan fingerprint density at radius 3 is 2.43 bits per heavy atom. The molecule has 0 saturated carbocycles. The molecular formula is C16H14Cl3NO. The highest BCUT2D eigenvalue weighted by Crippen LogP contribution is 2.21. The number of hydrogen-bond donors (Lipinski definition) is 0. The molecule has 0 amide bonds. The highest BCUT2D eigenvalue weighted by Gasteiger charge is 2.13. The van der Waals surface area contributed by atoms with Crippen LogP contribution in [0.4, 0.5) is 0 Å². The molecule has 0 unspecified atom stereocenters. The van der Waals surface area contributed by atoms with E-state index in [2.05, 4.69) is 0 Å². The molecule has 2 nitrogen and oxygen atoms in total. The van der Waals surface area contributed by atoms with Gasteiger partial charge in [-0.05, 0) is 42.9 Å². The third-order valence-corrected chi connectivity index (χ3v) is 3.77. The van der Waals surface area contributed by atoms with Gasteiger partial charge in [-0.15, -0.1) is 0 Å². The van der Waals surface area contributed by atoms with E-state index in [0.29, 0.717) is 27.2 Å². The number of rotatable bonds is 5. The zero-order chi connectivity index (χ0) is 15.4. The number of benzene rings is 2. The summed E-state index contributed by atoms with van der Waals surface area (Å²) >= 11 is 17.8. The van der Waals surface area contributed by atoms with E-state index in [0.717, 1.165) is 5.56 Å². The molecule has 5 heteroatoms. The van der Waals surface area contributed by atoms with Gasteiger partial charge in [0.2, 0.25) is 0 Å². The van der Waals surface area contributed by atoms with E-state index in [1.807, 2.05) is 36.2 Å². The normalized spacial score (nSPS) is 10.9. The highest BCUT2D eigenvalue weighted by molar-refractivity contribution is 6.36. The van der Waals surface area contributed by atoms with Crippen molar-refractivity contribution < 1.29 is 4.79 Å². The SMILES string of the molecule is CN(CC(=O)c1ccc(Cl)cc1Cl)Cc1cccc(Cl)c1. The van der Waals surface area contributed by atoms with Crippen molar-refractivity contribution in [2.75, 3.05) is 13.6 Å². The number of nitrogens with zero attached hydrogens (tertiary/aromatic N) is 1. The average Bonchev–Trinajstić information content (AvgIpc) is 2.38. The van der Waals surface area contributed by atoms with Crippen LogP contribution >= 0.6 is 34.8 Å². The van der Waals surface area contributed by atoms with Gasteiger partial charge in [-0.25, -0.2) is 0 Å². The van der Waals surface area contributed by atoms with Crippen LogP contribution in [0.2, 0.25) is 15.1 Å². The van der Waals surface area contributed by atoms with E-state index in [1.165, 1.54) is 0 Å². The summed E-state index contributed by atoms with van der Waals surface area (Å²) in [5.41, 5.74) is 1.54. The summed E-state index contributed by atoms with van der Waals surface area (Å²) in [6, 6.07) is 12.5. The number of halogens is 3. The predicted octanol–water partition coefficient (Wildman–Crippen LogP) is 4.96. The summed E-state index contributed by atoms with van der Waals surface area (Å²) in [6.45, 7) is 0.908. The molecular weight excluding hydrogens is 329 g/mol. The molecule has 0 N–H and O–H groups in total. The van der Waals surface area contributed by atoms with Crippen molar-refractivity contribution in [1.29, 1.82) is 0 Å².